The van der Waals surface area contributed by atoms with Crippen molar-refractivity contribution >= 4 is 0 Å². The third-order valence-corrected chi connectivity index (χ3v) is 3.94. The van der Waals surface area contributed by atoms with E-state index in [1.54, 1.807) is 7.11 Å². The molecule has 2 unspecified atom stereocenters. The van der Waals surface area contributed by atoms with Crippen LogP contribution in [0.2, 0.25) is 0 Å². The molecule has 1 saturated heterocycles. The van der Waals surface area contributed by atoms with E-state index in [-0.39, 0.29) is 0 Å². The summed E-state index contributed by atoms with van der Waals surface area (Å²) in [5.74, 6) is 0.898. The van der Waals surface area contributed by atoms with Gasteiger partial charge in [0.1, 0.15) is 5.75 Å². The van der Waals surface area contributed by atoms with Crippen molar-refractivity contribution in [1.82, 2.24) is 10.2 Å². The number of nitrogens with zero attached hydrogens (tertiary/aromatic N) is 1. The lowest BCUT2D eigenvalue weighted by molar-refractivity contribution is -0.0262. The lowest BCUT2D eigenvalue weighted by atomic mass is 10.1. The Morgan fingerprint density at radius 3 is 2.80 bits per heavy atom. The monoisotopic (exact) mass is 278 g/mol. The maximum absolute atomic E-state index is 5.81. The first-order valence-corrected chi connectivity index (χ1v) is 7.44. The molecule has 1 aliphatic rings. The third-order valence-electron chi connectivity index (χ3n) is 3.94. The molecule has 1 aromatic rings. The molecule has 0 amide bonds. The minimum atomic E-state index is 0.296. The summed E-state index contributed by atoms with van der Waals surface area (Å²) in [6, 6.07) is 8.54. The molecule has 0 aromatic heterocycles. The van der Waals surface area contributed by atoms with Gasteiger partial charge >= 0.3 is 0 Å². The lowest BCUT2D eigenvalue weighted by Gasteiger charge is -2.32. The van der Waals surface area contributed by atoms with Gasteiger partial charge < -0.3 is 14.8 Å². The smallest absolute Gasteiger partial charge is 0.118 e. The van der Waals surface area contributed by atoms with E-state index in [2.05, 4.69) is 36.2 Å². The van der Waals surface area contributed by atoms with Crippen LogP contribution < -0.4 is 10.1 Å². The van der Waals surface area contributed by atoms with Gasteiger partial charge in [-0.25, -0.2) is 0 Å². The highest BCUT2D eigenvalue weighted by Gasteiger charge is 2.19. The van der Waals surface area contributed by atoms with Gasteiger partial charge in [0.15, 0.2) is 0 Å². The van der Waals surface area contributed by atoms with Crippen LogP contribution in [0.5, 0.6) is 5.75 Å². The van der Waals surface area contributed by atoms with Gasteiger partial charge in [-0.2, -0.15) is 0 Å². The normalized spacial score (nSPS) is 21.6. The van der Waals surface area contributed by atoms with Crippen molar-refractivity contribution in [3.8, 4) is 5.75 Å². The van der Waals surface area contributed by atoms with Gasteiger partial charge in [-0.3, -0.25) is 4.90 Å². The number of ether oxygens (including phenoxy) is 2. The number of morpholine rings is 1. The largest absolute Gasteiger partial charge is 0.497 e. The Morgan fingerprint density at radius 2 is 2.15 bits per heavy atom. The quantitative estimate of drug-likeness (QED) is 0.863. The van der Waals surface area contributed by atoms with Gasteiger partial charge in [0.05, 0.1) is 19.8 Å². The standard InChI is InChI=1S/C16H26N2O2/c1-4-18-9-10-20-16(12-18)11-17-13(2)14-5-7-15(19-3)8-6-14/h5-8,13,16-17H,4,9-12H2,1-3H3. The topological polar surface area (TPSA) is 33.7 Å². The van der Waals surface area contributed by atoms with Crippen molar-refractivity contribution in [2.75, 3.05) is 39.9 Å². The van der Waals surface area contributed by atoms with E-state index in [4.69, 9.17) is 9.47 Å². The zero-order chi connectivity index (χ0) is 14.4. The Balaban J connectivity index is 1.80. The fraction of sp³-hybridized carbons (Fsp3) is 0.625. The zero-order valence-corrected chi connectivity index (χ0v) is 12.8. The van der Waals surface area contributed by atoms with Crippen LogP contribution in [0.1, 0.15) is 25.5 Å². The van der Waals surface area contributed by atoms with Crippen LogP contribution in [-0.4, -0.2) is 50.9 Å². The first-order chi connectivity index (χ1) is 9.72. The molecule has 1 aromatic carbocycles. The van der Waals surface area contributed by atoms with Gasteiger partial charge in [0, 0.05) is 25.7 Å². The summed E-state index contributed by atoms with van der Waals surface area (Å²) in [4.78, 5) is 2.44. The maximum Gasteiger partial charge on any atom is 0.118 e. The molecule has 0 spiro atoms. The molecular weight excluding hydrogens is 252 g/mol. The maximum atomic E-state index is 5.81. The number of likely N-dealkylation sites (N-methyl/N-ethyl adjacent to an activating group) is 1. The van der Waals surface area contributed by atoms with Gasteiger partial charge in [0.2, 0.25) is 0 Å². The average Bonchev–Trinajstić information content (AvgIpc) is 2.53. The first kappa shape index (κ1) is 15.3. The van der Waals surface area contributed by atoms with Crippen molar-refractivity contribution in [2.24, 2.45) is 0 Å². The van der Waals surface area contributed by atoms with Crippen LogP contribution in [0.25, 0.3) is 0 Å². The van der Waals surface area contributed by atoms with Crippen LogP contribution >= 0.6 is 0 Å². The SMILES string of the molecule is CCN1CCOC(CNC(C)c2ccc(OC)cc2)C1. The predicted molar refractivity (Wildman–Crippen MR) is 81.3 cm³/mol. The predicted octanol–water partition coefficient (Wildman–Crippen LogP) is 2.07. The highest BCUT2D eigenvalue weighted by Crippen LogP contribution is 2.17. The second-order valence-corrected chi connectivity index (χ2v) is 5.29. The molecule has 4 nitrogen and oxygen atoms in total. The molecule has 0 bridgehead atoms. The molecule has 1 aliphatic heterocycles. The van der Waals surface area contributed by atoms with E-state index in [0.717, 1.165) is 38.5 Å². The molecule has 2 atom stereocenters. The van der Waals surface area contributed by atoms with E-state index in [9.17, 15) is 0 Å². The molecule has 0 saturated carbocycles. The summed E-state index contributed by atoms with van der Waals surface area (Å²) in [7, 11) is 1.69. The van der Waals surface area contributed by atoms with E-state index in [0.29, 0.717) is 12.1 Å². The molecule has 4 heteroatoms. The number of methoxy groups -OCH3 is 1. The summed E-state index contributed by atoms with van der Waals surface area (Å²) < 4.78 is 11.0. The summed E-state index contributed by atoms with van der Waals surface area (Å²) >= 11 is 0. The van der Waals surface area contributed by atoms with Gasteiger partial charge in [-0.15, -0.1) is 0 Å². The Bertz CT molecular complexity index is 394. The Kier molecular flexibility index (Phi) is 5.83. The van der Waals surface area contributed by atoms with Crippen molar-refractivity contribution in [1.29, 1.82) is 0 Å². The molecule has 112 valence electrons. The minimum Gasteiger partial charge on any atom is -0.497 e. The zero-order valence-electron chi connectivity index (χ0n) is 12.8. The van der Waals surface area contributed by atoms with Crippen LogP contribution in [0, 0.1) is 0 Å². The Labute approximate surface area is 122 Å². The van der Waals surface area contributed by atoms with Gasteiger partial charge in [-0.1, -0.05) is 19.1 Å². The van der Waals surface area contributed by atoms with E-state index in [1.807, 2.05) is 12.1 Å². The lowest BCUT2D eigenvalue weighted by Crippen LogP contribution is -2.46. The van der Waals surface area contributed by atoms with Crippen molar-refractivity contribution < 1.29 is 9.47 Å². The number of hydrogen-bond donors (Lipinski definition) is 1. The number of rotatable bonds is 6. The Hall–Kier alpha value is -1.10. The van der Waals surface area contributed by atoms with Gasteiger partial charge in [-0.05, 0) is 31.2 Å². The second kappa shape index (κ2) is 7.62. The average molecular weight is 278 g/mol. The minimum absolute atomic E-state index is 0.296. The van der Waals surface area contributed by atoms with Crippen molar-refractivity contribution in [3.05, 3.63) is 29.8 Å². The van der Waals surface area contributed by atoms with E-state index >= 15 is 0 Å². The molecule has 1 N–H and O–H groups in total. The number of nitrogens with one attached hydrogen (secondary N) is 1. The van der Waals surface area contributed by atoms with Crippen LogP contribution in [0.3, 0.4) is 0 Å². The summed E-state index contributed by atoms with van der Waals surface area (Å²) in [5, 5.41) is 3.56. The first-order valence-electron chi connectivity index (χ1n) is 7.44. The van der Waals surface area contributed by atoms with Crippen LogP contribution in [0.15, 0.2) is 24.3 Å². The van der Waals surface area contributed by atoms with Crippen LogP contribution in [-0.2, 0) is 4.74 Å². The summed E-state index contributed by atoms with van der Waals surface area (Å²) in [6.07, 6.45) is 0.296. The van der Waals surface area contributed by atoms with E-state index < -0.39 is 0 Å². The number of hydrogen-bond acceptors (Lipinski definition) is 4. The third kappa shape index (κ3) is 4.20. The van der Waals surface area contributed by atoms with Crippen molar-refractivity contribution in [3.63, 3.8) is 0 Å². The summed E-state index contributed by atoms with van der Waals surface area (Å²) in [6.45, 7) is 9.31. The van der Waals surface area contributed by atoms with E-state index in [1.165, 1.54) is 5.56 Å². The number of benzene rings is 1. The summed E-state index contributed by atoms with van der Waals surface area (Å²) in [5.41, 5.74) is 1.27. The molecule has 0 aliphatic carbocycles. The van der Waals surface area contributed by atoms with Crippen LogP contribution in [0.4, 0.5) is 0 Å². The molecular formula is C16H26N2O2. The molecule has 1 fully saturated rings. The second-order valence-electron chi connectivity index (χ2n) is 5.29. The van der Waals surface area contributed by atoms with Gasteiger partial charge in [0.25, 0.3) is 0 Å². The molecule has 20 heavy (non-hydrogen) atoms. The molecule has 2 rings (SSSR count). The highest BCUT2D eigenvalue weighted by atomic mass is 16.5. The molecule has 0 radical (unpaired) electrons. The Morgan fingerprint density at radius 1 is 1.40 bits per heavy atom. The fourth-order valence-corrected chi connectivity index (χ4v) is 2.51. The fourth-order valence-electron chi connectivity index (χ4n) is 2.51. The highest BCUT2D eigenvalue weighted by molar-refractivity contribution is 5.28. The van der Waals surface area contributed by atoms with Crippen molar-refractivity contribution in [2.45, 2.75) is 26.0 Å². The molecule has 1 heterocycles.